The maximum atomic E-state index is 14.0. The quantitative estimate of drug-likeness (QED) is 0.543. The highest BCUT2D eigenvalue weighted by Crippen LogP contribution is 2.53. The summed E-state index contributed by atoms with van der Waals surface area (Å²) in [6.45, 7) is 1.90. The molecule has 9 heteroatoms. The number of likely N-dealkylation sites (N-methyl/N-ethyl adjacent to an activating group) is 1. The number of nitrogens with zero attached hydrogens (tertiary/aromatic N) is 4. The van der Waals surface area contributed by atoms with Crippen molar-refractivity contribution in [1.29, 1.82) is 0 Å². The minimum Gasteiger partial charge on any atom is -0.363 e. The Balaban J connectivity index is 1.30. The van der Waals surface area contributed by atoms with Gasteiger partial charge >= 0.3 is 6.03 Å². The number of carbonyl (C=O) groups excluding carboxylic acids is 2. The zero-order valence-electron chi connectivity index (χ0n) is 24.7. The SMILES string of the molecule is CSCC[C@@H]1N2C(=O)CN(C)N(C(=O)NCc3ccccc3)[C@H]2CN2CC(c3ccccc3)C3=CC4OC(/C=C\C=C3)C412. The van der Waals surface area contributed by atoms with E-state index < -0.39 is 11.7 Å². The summed E-state index contributed by atoms with van der Waals surface area (Å²) in [6.07, 6.45) is 13.1. The van der Waals surface area contributed by atoms with Gasteiger partial charge in [0.2, 0.25) is 5.91 Å². The Kier molecular flexibility index (Phi) is 7.67. The minimum absolute atomic E-state index is 0.0640. The van der Waals surface area contributed by atoms with E-state index in [9.17, 15) is 9.59 Å². The topological polar surface area (TPSA) is 68.4 Å². The van der Waals surface area contributed by atoms with Gasteiger partial charge in [-0.2, -0.15) is 11.8 Å². The normalized spacial score (nSPS) is 32.4. The lowest BCUT2D eigenvalue weighted by atomic mass is 9.69. The van der Waals surface area contributed by atoms with Crippen LogP contribution in [0.4, 0.5) is 4.79 Å². The first-order chi connectivity index (χ1) is 21.0. The molecule has 0 aliphatic carbocycles. The van der Waals surface area contributed by atoms with E-state index in [-0.39, 0.29) is 42.7 Å². The van der Waals surface area contributed by atoms with Crippen LogP contribution in [-0.4, -0.2) is 100 Å². The van der Waals surface area contributed by atoms with E-state index in [0.717, 1.165) is 24.3 Å². The van der Waals surface area contributed by atoms with Crippen molar-refractivity contribution in [2.45, 2.75) is 48.8 Å². The molecule has 0 aromatic heterocycles. The minimum atomic E-state index is -0.429. The summed E-state index contributed by atoms with van der Waals surface area (Å²) in [5.74, 6) is 1.11. The molecule has 1 N–H and O–H groups in total. The molecule has 1 spiro atoms. The highest BCUT2D eigenvalue weighted by molar-refractivity contribution is 7.98. The van der Waals surface area contributed by atoms with E-state index in [1.54, 1.807) is 21.8 Å². The van der Waals surface area contributed by atoms with Gasteiger partial charge in [0.05, 0.1) is 12.6 Å². The van der Waals surface area contributed by atoms with Crippen molar-refractivity contribution in [2.24, 2.45) is 0 Å². The second-order valence-corrected chi connectivity index (χ2v) is 13.0. The van der Waals surface area contributed by atoms with E-state index in [1.165, 1.54) is 11.1 Å². The summed E-state index contributed by atoms with van der Waals surface area (Å²) in [5, 5.41) is 6.71. The molecule has 3 fully saturated rings. The van der Waals surface area contributed by atoms with Gasteiger partial charge in [-0.1, -0.05) is 85.0 Å². The van der Waals surface area contributed by atoms with Crippen LogP contribution >= 0.6 is 11.8 Å². The predicted molar refractivity (Wildman–Crippen MR) is 169 cm³/mol. The van der Waals surface area contributed by atoms with E-state index in [2.05, 4.69) is 77.2 Å². The molecule has 5 heterocycles. The molecule has 6 atom stereocenters. The third kappa shape index (κ3) is 4.73. The van der Waals surface area contributed by atoms with Crippen molar-refractivity contribution < 1.29 is 14.3 Å². The van der Waals surface area contributed by atoms with Crippen molar-refractivity contribution >= 4 is 23.7 Å². The van der Waals surface area contributed by atoms with Crippen LogP contribution in [0.3, 0.4) is 0 Å². The zero-order chi connectivity index (χ0) is 29.6. The van der Waals surface area contributed by atoms with Crippen molar-refractivity contribution in [2.75, 3.05) is 38.7 Å². The smallest absolute Gasteiger partial charge is 0.334 e. The molecule has 5 aliphatic rings. The summed E-state index contributed by atoms with van der Waals surface area (Å²) < 4.78 is 6.63. The fourth-order valence-corrected chi connectivity index (χ4v) is 8.32. The van der Waals surface area contributed by atoms with Gasteiger partial charge in [-0.25, -0.2) is 14.8 Å². The molecule has 3 bridgehead atoms. The van der Waals surface area contributed by atoms with Gasteiger partial charge in [-0.3, -0.25) is 9.69 Å². The third-order valence-electron chi connectivity index (χ3n) is 9.76. The van der Waals surface area contributed by atoms with E-state index >= 15 is 0 Å². The first-order valence-corrected chi connectivity index (χ1v) is 16.6. The van der Waals surface area contributed by atoms with Crippen LogP contribution in [0, 0.1) is 0 Å². The maximum absolute atomic E-state index is 14.0. The predicted octanol–water partition coefficient (Wildman–Crippen LogP) is 4.01. The zero-order valence-corrected chi connectivity index (χ0v) is 25.5. The van der Waals surface area contributed by atoms with Crippen molar-refractivity contribution in [3.63, 3.8) is 0 Å². The molecule has 2 aromatic rings. The molecule has 2 aromatic carbocycles. The lowest BCUT2D eigenvalue weighted by Gasteiger charge is -2.69. The molecule has 5 aliphatic heterocycles. The van der Waals surface area contributed by atoms with Crippen molar-refractivity contribution in [1.82, 2.24) is 25.1 Å². The van der Waals surface area contributed by atoms with Gasteiger partial charge in [0, 0.05) is 32.6 Å². The summed E-state index contributed by atoms with van der Waals surface area (Å²) in [5.41, 5.74) is 3.11. The first kappa shape index (κ1) is 28.4. The maximum Gasteiger partial charge on any atom is 0.334 e. The lowest BCUT2D eigenvalue weighted by molar-refractivity contribution is -0.285. The monoisotopic (exact) mass is 597 g/mol. The number of carbonyl (C=O) groups is 2. The summed E-state index contributed by atoms with van der Waals surface area (Å²) in [7, 11) is 1.84. The number of amides is 3. The molecular weight excluding hydrogens is 558 g/mol. The molecule has 0 radical (unpaired) electrons. The Morgan fingerprint density at radius 3 is 2.58 bits per heavy atom. The number of allylic oxidation sites excluding steroid dienone is 3. The number of benzene rings is 2. The fraction of sp³-hybridized carbons (Fsp3) is 0.412. The number of hydrazine groups is 1. The van der Waals surface area contributed by atoms with Gasteiger partial charge in [-0.05, 0) is 41.2 Å². The molecule has 8 nitrogen and oxygen atoms in total. The number of hydrogen-bond acceptors (Lipinski definition) is 6. The number of rotatable bonds is 6. The van der Waals surface area contributed by atoms with Crippen LogP contribution in [0.25, 0.3) is 0 Å². The average Bonchev–Trinajstić information content (AvgIpc) is 3.10. The highest BCUT2D eigenvalue weighted by Gasteiger charge is 2.69. The molecule has 43 heavy (non-hydrogen) atoms. The number of nitrogens with one attached hydrogen (secondary N) is 1. The van der Waals surface area contributed by atoms with Gasteiger partial charge < -0.3 is 15.0 Å². The van der Waals surface area contributed by atoms with Crippen LogP contribution < -0.4 is 5.32 Å². The second kappa shape index (κ2) is 11.6. The largest absolute Gasteiger partial charge is 0.363 e. The first-order valence-electron chi connectivity index (χ1n) is 15.2. The van der Waals surface area contributed by atoms with Crippen molar-refractivity contribution in [3.8, 4) is 0 Å². The molecule has 0 saturated carbocycles. The van der Waals surface area contributed by atoms with Gasteiger partial charge in [0.15, 0.2) is 0 Å². The van der Waals surface area contributed by atoms with Gasteiger partial charge in [0.25, 0.3) is 0 Å². The molecule has 224 valence electrons. The van der Waals surface area contributed by atoms with E-state index in [1.807, 2.05) is 42.3 Å². The van der Waals surface area contributed by atoms with Crippen LogP contribution in [0.1, 0.15) is 23.5 Å². The second-order valence-electron chi connectivity index (χ2n) is 12.0. The van der Waals surface area contributed by atoms with Crippen molar-refractivity contribution in [3.05, 3.63) is 108 Å². The Labute approximate surface area is 258 Å². The molecule has 3 saturated heterocycles. The highest BCUT2D eigenvalue weighted by atomic mass is 32.2. The molecule has 4 unspecified atom stereocenters. The third-order valence-corrected chi connectivity index (χ3v) is 10.4. The average molecular weight is 598 g/mol. The molecule has 7 rings (SSSR count). The van der Waals surface area contributed by atoms with Crippen LogP contribution in [0.2, 0.25) is 0 Å². The van der Waals surface area contributed by atoms with Crippen LogP contribution in [-0.2, 0) is 16.1 Å². The number of fused-ring (bicyclic) bond motifs is 2. The van der Waals surface area contributed by atoms with Gasteiger partial charge in [-0.15, -0.1) is 0 Å². The molecule has 3 amide bonds. The lowest BCUT2D eigenvalue weighted by Crippen LogP contribution is -2.88. The summed E-state index contributed by atoms with van der Waals surface area (Å²) in [6, 6.07) is 20.3. The number of ether oxygens (including phenoxy) is 1. The summed E-state index contributed by atoms with van der Waals surface area (Å²) in [4.78, 5) is 32.6. The van der Waals surface area contributed by atoms with Gasteiger partial charge in [0.1, 0.15) is 23.9 Å². The standard InChI is InChI=1S/C34H39N5O3S/c1-36-23-32(40)38-28(17-18-43-2)34-29-16-10-9-15-26(19-30(34)42-29)27(25-13-7-4-8-14-25)21-37(34)22-31(38)39(36)33(41)35-20-24-11-5-3-6-12-24/h3-16,19,27-31H,17-18,20-23H2,1-2H3,(H,35,41)/b15-9?,16-10-/t27?,28-,29?,30?,31-,34?/m0/s1. The number of piperazine rings is 1. The molecular formula is C34H39N5O3S. The van der Waals surface area contributed by atoms with Crippen LogP contribution in [0.15, 0.2) is 96.6 Å². The van der Waals surface area contributed by atoms with E-state index in [0.29, 0.717) is 13.1 Å². The van der Waals surface area contributed by atoms with Crippen LogP contribution in [0.5, 0.6) is 0 Å². The number of thioether (sulfide) groups is 1. The Bertz CT molecular complexity index is 1450. The Hall–Kier alpha value is -3.37. The number of hydrogen-bond donors (Lipinski definition) is 1. The Morgan fingerprint density at radius 1 is 1.05 bits per heavy atom. The van der Waals surface area contributed by atoms with E-state index in [4.69, 9.17) is 4.74 Å². The summed E-state index contributed by atoms with van der Waals surface area (Å²) >= 11 is 1.80. The fourth-order valence-electron chi connectivity index (χ4n) is 7.86. The Morgan fingerprint density at radius 2 is 1.81 bits per heavy atom. The number of urea groups is 1.